The molecule has 1 amide bonds. The van der Waals surface area contributed by atoms with Crippen molar-refractivity contribution in [2.45, 2.75) is 13.5 Å². The van der Waals surface area contributed by atoms with Gasteiger partial charge in [0.05, 0.1) is 28.8 Å². The van der Waals surface area contributed by atoms with Crippen LogP contribution in [-0.2, 0) is 16.1 Å². The predicted octanol–water partition coefficient (Wildman–Crippen LogP) is 3.85. The van der Waals surface area contributed by atoms with Crippen LogP contribution < -0.4 is 10.9 Å². The maximum atomic E-state index is 13.2. The quantitative estimate of drug-likeness (QED) is 0.242. The van der Waals surface area contributed by atoms with Crippen LogP contribution in [0.1, 0.15) is 17.3 Å². The highest BCUT2D eigenvalue weighted by molar-refractivity contribution is 7.17. The van der Waals surface area contributed by atoms with E-state index in [0.717, 1.165) is 0 Å². The molecule has 0 radical (unpaired) electrons. The van der Waals surface area contributed by atoms with Gasteiger partial charge in [-0.1, -0.05) is 18.2 Å². The zero-order valence-corrected chi connectivity index (χ0v) is 18.7. The van der Waals surface area contributed by atoms with Crippen LogP contribution in [0.25, 0.3) is 21.3 Å². The molecule has 0 atom stereocenters. The summed E-state index contributed by atoms with van der Waals surface area (Å²) >= 11 is 1.24. The van der Waals surface area contributed by atoms with E-state index in [1.807, 2.05) is 0 Å². The highest BCUT2D eigenvalue weighted by atomic mass is 32.1. The number of non-ortho nitro benzene ring substituents is 1. The molecule has 0 aliphatic carbocycles. The molecule has 0 saturated carbocycles. The third-order valence-electron chi connectivity index (χ3n) is 4.90. The normalized spacial score (nSPS) is 10.7. The van der Waals surface area contributed by atoms with E-state index in [1.165, 1.54) is 40.4 Å². The SMILES string of the molecule is CCOC(=O)c1cccc(NC(=O)Cn2cnc3scc(-c4cccc([N+](=O)[O-])c4)c3c2=O)c1. The number of nitrogens with one attached hydrogen (secondary N) is 1. The summed E-state index contributed by atoms with van der Waals surface area (Å²) < 4.78 is 6.13. The number of ether oxygens (including phenoxy) is 1. The van der Waals surface area contributed by atoms with E-state index in [4.69, 9.17) is 4.74 Å². The number of nitrogens with zero attached hydrogens (tertiary/aromatic N) is 3. The van der Waals surface area contributed by atoms with Crippen molar-refractivity contribution in [3.05, 3.63) is 86.3 Å². The minimum Gasteiger partial charge on any atom is -0.462 e. The summed E-state index contributed by atoms with van der Waals surface area (Å²) in [6.07, 6.45) is 1.28. The number of carbonyl (C=O) groups excluding carboxylic acids is 2. The van der Waals surface area contributed by atoms with Gasteiger partial charge in [-0.3, -0.25) is 24.3 Å². The van der Waals surface area contributed by atoms with Crippen molar-refractivity contribution in [2.24, 2.45) is 0 Å². The molecule has 11 heteroatoms. The highest BCUT2D eigenvalue weighted by Gasteiger charge is 2.17. The Bertz CT molecular complexity index is 1480. The molecule has 34 heavy (non-hydrogen) atoms. The Morgan fingerprint density at radius 3 is 2.76 bits per heavy atom. The molecule has 172 valence electrons. The number of rotatable bonds is 7. The maximum absolute atomic E-state index is 13.2. The van der Waals surface area contributed by atoms with Gasteiger partial charge in [-0.2, -0.15) is 0 Å². The van der Waals surface area contributed by atoms with E-state index in [2.05, 4.69) is 10.3 Å². The van der Waals surface area contributed by atoms with Crippen molar-refractivity contribution in [2.75, 3.05) is 11.9 Å². The lowest BCUT2D eigenvalue weighted by Gasteiger charge is -2.09. The van der Waals surface area contributed by atoms with Gasteiger partial charge in [-0.15, -0.1) is 11.3 Å². The number of fused-ring (bicyclic) bond motifs is 1. The Labute approximate surface area is 196 Å². The molecule has 4 rings (SSSR count). The van der Waals surface area contributed by atoms with Gasteiger partial charge in [-0.05, 0) is 30.7 Å². The van der Waals surface area contributed by atoms with Crippen LogP contribution in [0.3, 0.4) is 0 Å². The summed E-state index contributed by atoms with van der Waals surface area (Å²) in [5.41, 5.74) is 1.16. The number of amides is 1. The van der Waals surface area contributed by atoms with Crippen molar-refractivity contribution in [1.82, 2.24) is 9.55 Å². The number of nitro groups is 1. The summed E-state index contributed by atoms with van der Waals surface area (Å²) in [7, 11) is 0. The lowest BCUT2D eigenvalue weighted by atomic mass is 10.1. The van der Waals surface area contributed by atoms with Crippen LogP contribution >= 0.6 is 11.3 Å². The minimum atomic E-state index is -0.504. The van der Waals surface area contributed by atoms with Gasteiger partial charge >= 0.3 is 5.97 Å². The molecule has 2 aromatic heterocycles. The van der Waals surface area contributed by atoms with E-state index < -0.39 is 22.4 Å². The van der Waals surface area contributed by atoms with Crippen molar-refractivity contribution in [1.29, 1.82) is 0 Å². The number of hydrogen-bond donors (Lipinski definition) is 1. The van der Waals surface area contributed by atoms with Crippen molar-refractivity contribution in [3.8, 4) is 11.1 Å². The molecule has 10 nitrogen and oxygen atoms in total. The molecule has 4 aromatic rings. The molecule has 0 aliphatic rings. The van der Waals surface area contributed by atoms with Crippen LogP contribution in [0.2, 0.25) is 0 Å². The zero-order chi connectivity index (χ0) is 24.2. The first-order chi connectivity index (χ1) is 16.4. The largest absolute Gasteiger partial charge is 0.462 e. The molecule has 1 N–H and O–H groups in total. The fourth-order valence-corrected chi connectivity index (χ4v) is 4.28. The second-order valence-electron chi connectivity index (χ2n) is 7.16. The number of thiophene rings is 1. The van der Waals surface area contributed by atoms with Crippen LogP contribution in [0, 0.1) is 10.1 Å². The number of hydrogen-bond acceptors (Lipinski definition) is 8. The molecular formula is C23H18N4O6S. The van der Waals surface area contributed by atoms with Crippen molar-refractivity contribution in [3.63, 3.8) is 0 Å². The van der Waals surface area contributed by atoms with Crippen LogP contribution in [0.15, 0.2) is 65.0 Å². The number of benzene rings is 2. The fourth-order valence-electron chi connectivity index (χ4n) is 3.37. The van der Waals surface area contributed by atoms with E-state index >= 15 is 0 Å². The van der Waals surface area contributed by atoms with E-state index in [1.54, 1.807) is 42.6 Å². The maximum Gasteiger partial charge on any atom is 0.338 e. The highest BCUT2D eigenvalue weighted by Crippen LogP contribution is 2.32. The summed E-state index contributed by atoms with van der Waals surface area (Å²) in [4.78, 5) is 53.0. The fraction of sp³-hybridized carbons (Fsp3) is 0.130. The van der Waals surface area contributed by atoms with Gasteiger partial charge in [0.25, 0.3) is 11.2 Å². The molecule has 0 unspecified atom stereocenters. The van der Waals surface area contributed by atoms with E-state index in [-0.39, 0.29) is 24.2 Å². The Balaban J connectivity index is 1.60. The summed E-state index contributed by atoms with van der Waals surface area (Å²) in [6.45, 7) is 1.62. The zero-order valence-electron chi connectivity index (χ0n) is 17.9. The van der Waals surface area contributed by atoms with Crippen LogP contribution in [0.5, 0.6) is 0 Å². The summed E-state index contributed by atoms with van der Waals surface area (Å²) in [6, 6.07) is 12.3. The topological polar surface area (TPSA) is 133 Å². The van der Waals surface area contributed by atoms with Gasteiger partial charge in [-0.25, -0.2) is 9.78 Å². The van der Waals surface area contributed by atoms with E-state index in [0.29, 0.717) is 27.2 Å². The molecule has 0 aliphatic heterocycles. The second kappa shape index (κ2) is 9.63. The third-order valence-corrected chi connectivity index (χ3v) is 5.79. The first-order valence-electron chi connectivity index (χ1n) is 10.2. The molecule has 2 aromatic carbocycles. The average Bonchev–Trinajstić information content (AvgIpc) is 3.26. The standard InChI is InChI=1S/C23H18N4O6S/c1-2-33-23(30)15-6-3-7-16(9-15)25-19(28)11-26-13-24-21-20(22(26)29)18(12-34-21)14-5-4-8-17(10-14)27(31)32/h3-10,12-13H,2,11H2,1H3,(H,25,28). The summed E-state index contributed by atoms with van der Waals surface area (Å²) in [5.74, 6) is -0.994. The molecule has 0 spiro atoms. The summed E-state index contributed by atoms with van der Waals surface area (Å²) in [5, 5.41) is 15.8. The lowest BCUT2D eigenvalue weighted by Crippen LogP contribution is -2.27. The van der Waals surface area contributed by atoms with Gasteiger partial charge in [0, 0.05) is 28.8 Å². The van der Waals surface area contributed by atoms with Gasteiger partial charge in [0.15, 0.2) is 0 Å². The van der Waals surface area contributed by atoms with Crippen molar-refractivity contribution < 1.29 is 19.2 Å². The first kappa shape index (κ1) is 22.8. The average molecular weight is 478 g/mol. The monoisotopic (exact) mass is 478 g/mol. The number of carbonyl (C=O) groups is 2. The molecule has 2 heterocycles. The Hall–Kier alpha value is -4.38. The smallest absolute Gasteiger partial charge is 0.338 e. The number of esters is 1. The number of aromatic nitrogens is 2. The molecular weight excluding hydrogens is 460 g/mol. The van der Waals surface area contributed by atoms with Crippen LogP contribution in [0.4, 0.5) is 11.4 Å². The number of nitro benzene ring substituents is 1. The number of anilines is 1. The Morgan fingerprint density at radius 2 is 2.00 bits per heavy atom. The van der Waals surface area contributed by atoms with E-state index in [9.17, 15) is 24.5 Å². The minimum absolute atomic E-state index is 0.0921. The predicted molar refractivity (Wildman–Crippen MR) is 127 cm³/mol. The van der Waals surface area contributed by atoms with Gasteiger partial charge < -0.3 is 10.1 Å². The lowest BCUT2D eigenvalue weighted by molar-refractivity contribution is -0.384. The second-order valence-corrected chi connectivity index (χ2v) is 8.02. The van der Waals surface area contributed by atoms with Crippen LogP contribution in [-0.4, -0.2) is 33.0 Å². The van der Waals surface area contributed by atoms with Gasteiger partial charge in [0.2, 0.25) is 5.91 Å². The third kappa shape index (κ3) is 4.69. The molecule has 0 bridgehead atoms. The molecule has 0 saturated heterocycles. The van der Waals surface area contributed by atoms with Gasteiger partial charge in [0.1, 0.15) is 11.4 Å². The Kier molecular flexibility index (Phi) is 6.46. The van der Waals surface area contributed by atoms with Crippen molar-refractivity contribution >= 4 is 44.8 Å². The molecule has 0 fully saturated rings. The Morgan fingerprint density at radius 1 is 1.21 bits per heavy atom. The first-order valence-corrected chi connectivity index (χ1v) is 11.0.